The van der Waals surface area contributed by atoms with Crippen molar-refractivity contribution in [2.45, 2.75) is 97.2 Å². The van der Waals surface area contributed by atoms with Crippen molar-refractivity contribution >= 4 is 18.2 Å². The van der Waals surface area contributed by atoms with E-state index in [9.17, 15) is 14.4 Å². The van der Waals surface area contributed by atoms with Gasteiger partial charge >= 0.3 is 18.2 Å². The van der Waals surface area contributed by atoms with Gasteiger partial charge in [0, 0.05) is 36.6 Å². The minimum Gasteiger partial charge on any atom is -0.469 e. The summed E-state index contributed by atoms with van der Waals surface area (Å²) in [5, 5.41) is 0. The molecule has 43 heavy (non-hydrogen) atoms. The molecule has 0 aromatic carbocycles. The maximum Gasteiger partial charge on any atom is 0.419 e. The molecule has 4 aliphatic carbocycles. The summed E-state index contributed by atoms with van der Waals surface area (Å²) in [6, 6.07) is 0. The van der Waals surface area contributed by atoms with Gasteiger partial charge in [-0.05, 0) is 98.7 Å². The van der Waals surface area contributed by atoms with Gasteiger partial charge < -0.3 is 14.2 Å². The number of hydrogen-bond donors (Lipinski definition) is 0. The van der Waals surface area contributed by atoms with Gasteiger partial charge in [0.15, 0.2) is 0 Å². The third kappa shape index (κ3) is 5.29. The monoisotopic (exact) mass is 594 g/mol. The van der Waals surface area contributed by atoms with E-state index in [4.69, 9.17) is 14.2 Å². The first kappa shape index (κ1) is 29.9. The fraction of sp³-hybridized carbons (Fsp3) is 0.727. The fourth-order valence-electron chi connectivity index (χ4n) is 10.2. The Bertz CT molecular complexity index is 1300. The molecule has 0 bridgehead atoms. The van der Waals surface area contributed by atoms with Crippen molar-refractivity contribution in [1.82, 2.24) is 19.1 Å². The summed E-state index contributed by atoms with van der Waals surface area (Å²) in [7, 11) is 1.45. The average molecular weight is 595 g/mol. The normalized spacial score (nSPS) is 37.3. The Morgan fingerprint density at radius 2 is 1.60 bits per heavy atom. The van der Waals surface area contributed by atoms with E-state index < -0.39 is 0 Å². The summed E-state index contributed by atoms with van der Waals surface area (Å²) in [6.07, 6.45) is 17.6. The zero-order chi connectivity index (χ0) is 30.4. The van der Waals surface area contributed by atoms with E-state index in [0.29, 0.717) is 41.9 Å². The molecule has 10 heteroatoms. The van der Waals surface area contributed by atoms with Crippen molar-refractivity contribution in [2.75, 3.05) is 7.11 Å². The van der Waals surface area contributed by atoms with Crippen molar-refractivity contribution in [3.05, 3.63) is 37.4 Å². The number of aromatic nitrogens is 4. The van der Waals surface area contributed by atoms with E-state index >= 15 is 0 Å². The van der Waals surface area contributed by atoms with Gasteiger partial charge in [0.2, 0.25) is 0 Å². The Hall–Kier alpha value is -3.17. The quantitative estimate of drug-likeness (QED) is 0.281. The molecule has 0 aliphatic heterocycles. The van der Waals surface area contributed by atoms with Crippen LogP contribution in [0, 0.1) is 46.3 Å². The van der Waals surface area contributed by atoms with Crippen molar-refractivity contribution in [1.29, 1.82) is 0 Å². The molecule has 4 fully saturated rings. The van der Waals surface area contributed by atoms with Gasteiger partial charge in [0.25, 0.3) is 0 Å². The number of nitrogens with zero attached hydrogens (tertiary/aromatic N) is 4. The first-order valence-corrected chi connectivity index (χ1v) is 16.1. The number of carbonyl (C=O) groups excluding carboxylic acids is 3. The number of hydrogen-bond acceptors (Lipinski definition) is 8. The third-order valence-electron chi connectivity index (χ3n) is 12.4. The SMILES string of the molecule is COC(=O)CC[C@@H](C)[C@H]1CC[C@H]2[C@@H]3CCC4C[C@@H](OC(=O)n5ccnc5)CC[C@]4(C)[C@H]3C[C@H](OC(=O)n3ccnc3)[C@]12C. The van der Waals surface area contributed by atoms with Crippen LogP contribution >= 0.6 is 0 Å². The summed E-state index contributed by atoms with van der Waals surface area (Å²) in [4.78, 5) is 46.1. The summed E-state index contributed by atoms with van der Waals surface area (Å²) in [6.45, 7) is 7.07. The molecule has 6 rings (SSSR count). The van der Waals surface area contributed by atoms with Gasteiger partial charge in [0.05, 0.1) is 7.11 Å². The molecule has 0 amide bonds. The van der Waals surface area contributed by atoms with Crippen LogP contribution in [0.1, 0.15) is 85.0 Å². The molecule has 4 saturated carbocycles. The second-order valence-corrected chi connectivity index (χ2v) is 14.1. The predicted octanol–water partition coefficient (Wildman–Crippen LogP) is 6.34. The maximum absolute atomic E-state index is 13.4. The van der Waals surface area contributed by atoms with Crippen LogP contribution in [0.5, 0.6) is 0 Å². The summed E-state index contributed by atoms with van der Waals surface area (Å²) in [5.74, 6) is 2.40. The Morgan fingerprint density at radius 1 is 0.907 bits per heavy atom. The molecule has 10 nitrogen and oxygen atoms in total. The highest BCUT2D eigenvalue weighted by molar-refractivity contribution is 5.71. The van der Waals surface area contributed by atoms with Gasteiger partial charge in [-0.2, -0.15) is 0 Å². The van der Waals surface area contributed by atoms with Crippen LogP contribution in [0.3, 0.4) is 0 Å². The van der Waals surface area contributed by atoms with Gasteiger partial charge in [0.1, 0.15) is 24.9 Å². The third-order valence-corrected chi connectivity index (χ3v) is 12.4. The van der Waals surface area contributed by atoms with Gasteiger partial charge in [-0.3, -0.25) is 4.79 Å². The van der Waals surface area contributed by atoms with Crippen molar-refractivity contribution < 1.29 is 28.6 Å². The zero-order valence-electron chi connectivity index (χ0n) is 25.9. The number of imidazole rings is 2. The van der Waals surface area contributed by atoms with Crippen molar-refractivity contribution in [3.63, 3.8) is 0 Å². The molecule has 2 aromatic rings. The molecule has 2 heterocycles. The molecule has 10 atom stereocenters. The molecule has 0 radical (unpaired) electrons. The maximum atomic E-state index is 13.4. The molecule has 2 aromatic heterocycles. The number of methoxy groups -OCH3 is 1. The van der Waals surface area contributed by atoms with Crippen LogP contribution in [0.15, 0.2) is 37.4 Å². The summed E-state index contributed by atoms with van der Waals surface area (Å²) in [5.41, 5.74) is -0.0793. The molecule has 0 saturated heterocycles. The van der Waals surface area contributed by atoms with Gasteiger partial charge in [-0.1, -0.05) is 20.8 Å². The highest BCUT2D eigenvalue weighted by atomic mass is 16.6. The van der Waals surface area contributed by atoms with E-state index in [-0.39, 0.29) is 41.2 Å². The Balaban J connectivity index is 1.24. The minimum absolute atomic E-state index is 0.0937. The van der Waals surface area contributed by atoms with Crippen LogP contribution in [0.4, 0.5) is 9.59 Å². The summed E-state index contributed by atoms with van der Waals surface area (Å²) >= 11 is 0. The number of fused-ring (bicyclic) bond motifs is 5. The second-order valence-electron chi connectivity index (χ2n) is 14.1. The lowest BCUT2D eigenvalue weighted by Gasteiger charge is -2.62. The van der Waals surface area contributed by atoms with Gasteiger partial charge in [-0.15, -0.1) is 0 Å². The Kier molecular flexibility index (Phi) is 8.15. The smallest absolute Gasteiger partial charge is 0.419 e. The van der Waals surface area contributed by atoms with E-state index in [1.165, 1.54) is 28.9 Å². The molecular formula is C33H46N4O6. The van der Waals surface area contributed by atoms with E-state index in [0.717, 1.165) is 57.8 Å². The van der Waals surface area contributed by atoms with E-state index in [1.54, 1.807) is 24.8 Å². The standard InChI is InChI=1S/C33H46N4O6/c1-21(5-10-29(38)41-4)25-8-9-26-24-7-6-22-17-23(42-30(39)36-15-13-34-19-36)11-12-32(22,2)27(24)18-28(33(25,26)3)43-31(40)37-16-14-35-20-37/h13-16,19-28H,5-12,17-18H2,1-4H3/t21-,22?,23+,24+,25-,26+,27+,28+,32+,33-/m1/s1. The number of rotatable bonds is 6. The molecule has 0 spiro atoms. The van der Waals surface area contributed by atoms with Gasteiger partial charge in [-0.25, -0.2) is 28.7 Å². The van der Waals surface area contributed by atoms with Crippen molar-refractivity contribution in [3.8, 4) is 0 Å². The van der Waals surface area contributed by atoms with Crippen LogP contribution in [0.25, 0.3) is 0 Å². The average Bonchev–Trinajstić information content (AvgIpc) is 3.78. The van der Waals surface area contributed by atoms with Crippen LogP contribution in [-0.4, -0.2) is 56.6 Å². The van der Waals surface area contributed by atoms with Crippen LogP contribution < -0.4 is 0 Å². The highest BCUT2D eigenvalue weighted by Gasteiger charge is 2.65. The number of carbonyl (C=O) groups is 3. The predicted molar refractivity (Wildman–Crippen MR) is 157 cm³/mol. The number of esters is 1. The van der Waals surface area contributed by atoms with Crippen LogP contribution in [-0.2, 0) is 19.0 Å². The first-order valence-electron chi connectivity index (χ1n) is 16.1. The lowest BCUT2D eigenvalue weighted by molar-refractivity contribution is -0.175. The molecular weight excluding hydrogens is 548 g/mol. The zero-order valence-corrected chi connectivity index (χ0v) is 25.9. The second kappa shape index (κ2) is 11.7. The molecule has 4 aliphatic rings. The molecule has 234 valence electrons. The largest absolute Gasteiger partial charge is 0.469 e. The Labute approximate surface area is 253 Å². The fourth-order valence-corrected chi connectivity index (χ4v) is 10.2. The molecule has 0 N–H and O–H groups in total. The lowest BCUT2D eigenvalue weighted by atomic mass is 9.43. The molecule has 1 unspecified atom stereocenters. The first-order chi connectivity index (χ1) is 20.6. The van der Waals surface area contributed by atoms with Crippen molar-refractivity contribution in [2.24, 2.45) is 46.3 Å². The highest BCUT2D eigenvalue weighted by Crippen LogP contribution is 2.69. The minimum atomic E-state index is -0.374. The van der Waals surface area contributed by atoms with Crippen LogP contribution in [0.2, 0.25) is 0 Å². The topological polar surface area (TPSA) is 115 Å². The summed E-state index contributed by atoms with van der Waals surface area (Å²) < 4.78 is 20.2. The lowest BCUT2D eigenvalue weighted by Crippen LogP contribution is -2.59. The van der Waals surface area contributed by atoms with E-state index in [2.05, 4.69) is 30.7 Å². The number of ether oxygens (including phenoxy) is 3. The van der Waals surface area contributed by atoms with E-state index in [1.807, 2.05) is 0 Å². The Morgan fingerprint density at radius 3 is 2.26 bits per heavy atom.